The Morgan fingerprint density at radius 2 is 1.79 bits per heavy atom. The molecule has 8 heteroatoms. The van der Waals surface area contributed by atoms with Gasteiger partial charge in [0, 0.05) is 31.4 Å². The van der Waals surface area contributed by atoms with Crippen molar-refractivity contribution in [3.63, 3.8) is 0 Å². The smallest absolute Gasteiger partial charge is 0.318 e. The van der Waals surface area contributed by atoms with E-state index in [4.69, 9.17) is 22.5 Å². The Hall–Kier alpha value is -1.48. The van der Waals surface area contributed by atoms with Crippen LogP contribution in [0.15, 0.2) is 30.3 Å². The number of hydroxylamine groups is 3. The third kappa shape index (κ3) is 5.20. The molecule has 0 radical (unpaired) electrons. The summed E-state index contributed by atoms with van der Waals surface area (Å²) in [5.41, 5.74) is 1.33. The highest BCUT2D eigenvalue weighted by Gasteiger charge is 2.66. The van der Waals surface area contributed by atoms with Crippen LogP contribution in [0.1, 0.15) is 64.9 Å². The summed E-state index contributed by atoms with van der Waals surface area (Å²) in [6.07, 6.45) is 7.29. The summed E-state index contributed by atoms with van der Waals surface area (Å²) in [6.45, 7) is 9.12. The van der Waals surface area contributed by atoms with Crippen molar-refractivity contribution in [2.75, 3.05) is 19.3 Å². The maximum atomic E-state index is 13.4. The second-order valence-electron chi connectivity index (χ2n) is 11.4. The van der Waals surface area contributed by atoms with Crippen LogP contribution in [0.25, 0.3) is 0 Å². The Bertz CT molecular complexity index is 968. The van der Waals surface area contributed by atoms with Gasteiger partial charge >= 0.3 is 5.97 Å². The SMILES string of the molecule is CS(=O)(=O)[O-].C[C@@H]1CC[C@@H](C(C)(C)c2ccccc2)[C@H](OC(=O)[C@H]2[C@@H]3CC[N+]4(CCC[C@@H]24)O3)C1. The Morgan fingerprint density at radius 1 is 1.12 bits per heavy atom. The van der Waals surface area contributed by atoms with E-state index in [2.05, 4.69) is 51.1 Å². The van der Waals surface area contributed by atoms with E-state index in [0.717, 1.165) is 43.4 Å². The number of esters is 1. The third-order valence-corrected chi connectivity index (χ3v) is 8.63. The summed E-state index contributed by atoms with van der Waals surface area (Å²) in [7, 11) is -3.92. The molecule has 0 amide bonds. The molecule has 7 atom stereocenters. The standard InChI is InChI=1S/C25H36NO3.CH4O3S/c1-17-11-12-19(25(2,3)18-8-5-4-6-9-18)22(16-17)28-24(27)23-20-10-7-14-26(20)15-13-21(23)29-26;1-5(2,3)4/h4-6,8-9,17,19-23H,7,10-16H2,1-3H3;1H3,(H,2,3,4)/q+1;/p-1/t17-,19-,20+,21+,22-,23-,26?;/m1./s1. The van der Waals surface area contributed by atoms with Crippen LogP contribution in [-0.2, 0) is 29.9 Å². The lowest BCUT2D eigenvalue weighted by Crippen LogP contribution is -2.51. The molecule has 1 aromatic carbocycles. The Balaban J connectivity index is 0.000000499. The zero-order valence-corrected chi connectivity index (χ0v) is 21.6. The molecule has 4 fully saturated rings. The van der Waals surface area contributed by atoms with Gasteiger partial charge in [-0.3, -0.25) is 4.79 Å². The maximum Gasteiger partial charge on any atom is 0.318 e. The predicted molar refractivity (Wildman–Crippen MR) is 127 cm³/mol. The van der Waals surface area contributed by atoms with Crippen LogP contribution in [-0.4, -0.2) is 61.2 Å². The molecule has 3 aliphatic heterocycles. The van der Waals surface area contributed by atoms with Gasteiger partial charge < -0.3 is 9.29 Å². The Kier molecular flexibility index (Phi) is 7.17. The van der Waals surface area contributed by atoms with E-state index in [1.165, 1.54) is 18.4 Å². The number of piperidine rings is 1. The van der Waals surface area contributed by atoms with Gasteiger partial charge in [-0.05, 0) is 29.7 Å². The number of hydrogen-bond donors (Lipinski definition) is 0. The fraction of sp³-hybridized carbons (Fsp3) is 0.731. The van der Waals surface area contributed by atoms with E-state index in [-0.39, 0.29) is 29.5 Å². The number of quaternary nitrogens is 1. The molecule has 4 aliphatic rings. The molecule has 3 heterocycles. The molecule has 34 heavy (non-hydrogen) atoms. The zero-order valence-electron chi connectivity index (χ0n) is 20.8. The number of ether oxygens (including phenoxy) is 1. The maximum absolute atomic E-state index is 13.4. The van der Waals surface area contributed by atoms with Crippen LogP contribution in [0.4, 0.5) is 0 Å². The van der Waals surface area contributed by atoms with Crippen LogP contribution in [0.2, 0.25) is 0 Å². The molecule has 1 aliphatic carbocycles. The molecule has 7 nitrogen and oxygen atoms in total. The van der Waals surface area contributed by atoms with Crippen molar-refractivity contribution in [3.8, 4) is 0 Å². The molecule has 0 N–H and O–H groups in total. The number of rotatable bonds is 4. The van der Waals surface area contributed by atoms with Gasteiger partial charge in [-0.1, -0.05) is 57.5 Å². The number of hydrogen-bond acceptors (Lipinski definition) is 6. The van der Waals surface area contributed by atoms with Gasteiger partial charge in [-0.15, -0.1) is 0 Å². The van der Waals surface area contributed by atoms with E-state index < -0.39 is 10.1 Å². The molecule has 1 spiro atoms. The minimum Gasteiger partial charge on any atom is -0.748 e. The minimum absolute atomic E-state index is 0.00503. The lowest BCUT2D eigenvalue weighted by molar-refractivity contribution is -1.09. The zero-order chi connectivity index (χ0) is 24.7. The largest absolute Gasteiger partial charge is 0.748 e. The van der Waals surface area contributed by atoms with Crippen molar-refractivity contribution in [2.24, 2.45) is 17.8 Å². The molecule has 3 saturated heterocycles. The highest BCUT2D eigenvalue weighted by atomic mass is 32.2. The third-order valence-electron chi connectivity index (χ3n) is 8.63. The first-order valence-corrected chi connectivity index (χ1v) is 14.4. The van der Waals surface area contributed by atoms with Gasteiger partial charge in [0.15, 0.2) is 0 Å². The van der Waals surface area contributed by atoms with Gasteiger partial charge in [0.05, 0.1) is 10.1 Å². The lowest BCUT2D eigenvalue weighted by atomic mass is 9.64. The van der Waals surface area contributed by atoms with E-state index in [1.54, 1.807) is 0 Å². The molecule has 1 aromatic rings. The van der Waals surface area contributed by atoms with Gasteiger partial charge in [0.2, 0.25) is 0 Å². The predicted octanol–water partition coefficient (Wildman–Crippen LogP) is 3.79. The first kappa shape index (κ1) is 25.6. The van der Waals surface area contributed by atoms with E-state index in [0.29, 0.717) is 24.1 Å². The van der Waals surface area contributed by atoms with Gasteiger partial charge in [0.25, 0.3) is 0 Å². The van der Waals surface area contributed by atoms with Gasteiger partial charge in [-0.2, -0.15) is 9.48 Å². The average Bonchev–Trinajstić information content (AvgIpc) is 3.43. The van der Waals surface area contributed by atoms with Crippen LogP contribution < -0.4 is 0 Å². The fourth-order valence-electron chi connectivity index (χ4n) is 6.97. The molecule has 5 rings (SSSR count). The number of carbonyl (C=O) groups is 1. The molecule has 1 saturated carbocycles. The first-order chi connectivity index (χ1) is 15.9. The Labute approximate surface area is 204 Å². The minimum atomic E-state index is -3.92. The number of nitrogens with zero attached hydrogens (tertiary/aromatic N) is 1. The van der Waals surface area contributed by atoms with Crippen molar-refractivity contribution in [1.29, 1.82) is 0 Å². The number of carbonyl (C=O) groups excluding carboxylic acids is 1. The summed E-state index contributed by atoms with van der Waals surface area (Å²) in [6, 6.07) is 11.1. The number of benzene rings is 1. The van der Waals surface area contributed by atoms with Crippen LogP contribution in [0.5, 0.6) is 0 Å². The first-order valence-electron chi connectivity index (χ1n) is 12.6. The highest BCUT2D eigenvalue weighted by molar-refractivity contribution is 7.84. The fourth-order valence-corrected chi connectivity index (χ4v) is 6.97. The lowest BCUT2D eigenvalue weighted by Gasteiger charge is -2.44. The van der Waals surface area contributed by atoms with E-state index in [1.807, 2.05) is 0 Å². The van der Waals surface area contributed by atoms with Crippen molar-refractivity contribution < 1.29 is 32.0 Å². The van der Waals surface area contributed by atoms with Crippen LogP contribution in [0.3, 0.4) is 0 Å². The van der Waals surface area contributed by atoms with Gasteiger partial charge in [0.1, 0.15) is 37.3 Å². The summed E-state index contributed by atoms with van der Waals surface area (Å²) in [5, 5.41) is 0. The summed E-state index contributed by atoms with van der Waals surface area (Å²) in [5.74, 6) is 0.940. The van der Waals surface area contributed by atoms with E-state index in [9.17, 15) is 4.79 Å². The summed E-state index contributed by atoms with van der Waals surface area (Å²) in [4.78, 5) is 19.8. The molecular weight excluding hydrogens is 454 g/mol. The van der Waals surface area contributed by atoms with Crippen molar-refractivity contribution in [1.82, 2.24) is 0 Å². The average molecular weight is 494 g/mol. The summed E-state index contributed by atoms with van der Waals surface area (Å²) < 4.78 is 34.4. The second-order valence-corrected chi connectivity index (χ2v) is 12.8. The monoisotopic (exact) mass is 493 g/mol. The number of fused-ring (bicyclic) bond motifs is 1. The highest BCUT2D eigenvalue weighted by Crippen LogP contribution is 2.50. The quantitative estimate of drug-likeness (QED) is 0.360. The van der Waals surface area contributed by atoms with Crippen molar-refractivity contribution in [2.45, 2.75) is 83.0 Å². The van der Waals surface area contributed by atoms with Crippen molar-refractivity contribution in [3.05, 3.63) is 35.9 Å². The summed E-state index contributed by atoms with van der Waals surface area (Å²) >= 11 is 0. The van der Waals surface area contributed by atoms with Gasteiger partial charge in [-0.25, -0.2) is 8.42 Å². The molecule has 0 aromatic heterocycles. The molecule has 190 valence electrons. The van der Waals surface area contributed by atoms with Crippen LogP contribution in [0, 0.1) is 17.8 Å². The molecule has 2 bridgehead atoms. The normalized spacial score (nSPS) is 37.0. The topological polar surface area (TPSA) is 92.7 Å². The second kappa shape index (κ2) is 9.52. The van der Waals surface area contributed by atoms with E-state index >= 15 is 0 Å². The van der Waals surface area contributed by atoms with Crippen molar-refractivity contribution >= 4 is 16.1 Å². The molecular formula is C26H39NO6S. The van der Waals surface area contributed by atoms with Crippen LogP contribution >= 0.6 is 0 Å². The molecule has 1 unspecified atom stereocenters. The Morgan fingerprint density at radius 3 is 2.47 bits per heavy atom.